The quantitative estimate of drug-likeness (QED) is 0.485. The standard InChI is InChI=1S/C23H29ClO3/c1-17-8-14-20(15-9-17)27-21(22(25)26)23(2,3)16-6-4-5-7-18-10-12-19(24)13-11-18/h8-15,21H,4-7,16H2,1-3H3,(H,25,26). The molecule has 0 saturated carbocycles. The van der Waals surface area contributed by atoms with Crippen LogP contribution >= 0.6 is 11.6 Å². The number of aliphatic carboxylic acids is 1. The van der Waals surface area contributed by atoms with Crippen LogP contribution in [-0.4, -0.2) is 17.2 Å². The zero-order valence-corrected chi connectivity index (χ0v) is 17.1. The van der Waals surface area contributed by atoms with Crippen molar-refractivity contribution in [2.75, 3.05) is 0 Å². The molecule has 0 spiro atoms. The minimum atomic E-state index is -0.915. The number of hydrogen-bond donors (Lipinski definition) is 1. The second-order valence-electron chi connectivity index (χ2n) is 7.82. The fourth-order valence-corrected chi connectivity index (χ4v) is 3.29. The summed E-state index contributed by atoms with van der Waals surface area (Å²) < 4.78 is 5.82. The maximum atomic E-state index is 11.8. The van der Waals surface area contributed by atoms with Crippen LogP contribution in [0.3, 0.4) is 0 Å². The Morgan fingerprint density at radius 3 is 2.26 bits per heavy atom. The van der Waals surface area contributed by atoms with Crippen LogP contribution in [0.5, 0.6) is 5.75 Å². The summed E-state index contributed by atoms with van der Waals surface area (Å²) in [6.07, 6.45) is 4.06. The highest BCUT2D eigenvalue weighted by atomic mass is 35.5. The molecule has 1 N–H and O–H groups in total. The lowest BCUT2D eigenvalue weighted by Gasteiger charge is -2.31. The predicted octanol–water partition coefficient (Wildman–Crippen LogP) is 6.31. The first kappa shape index (κ1) is 21.3. The molecule has 0 fully saturated rings. The van der Waals surface area contributed by atoms with E-state index in [1.165, 1.54) is 5.56 Å². The number of unbranched alkanes of at least 4 members (excludes halogenated alkanes) is 2. The Morgan fingerprint density at radius 1 is 1.04 bits per heavy atom. The van der Waals surface area contributed by atoms with Crippen LogP contribution in [0.15, 0.2) is 48.5 Å². The lowest BCUT2D eigenvalue weighted by Crippen LogP contribution is -2.41. The zero-order valence-electron chi connectivity index (χ0n) is 16.4. The van der Waals surface area contributed by atoms with Gasteiger partial charge in [-0.2, -0.15) is 0 Å². The average molecular weight is 389 g/mol. The van der Waals surface area contributed by atoms with Crippen LogP contribution in [0.25, 0.3) is 0 Å². The van der Waals surface area contributed by atoms with Gasteiger partial charge >= 0.3 is 5.97 Å². The number of hydrogen-bond acceptors (Lipinski definition) is 2. The van der Waals surface area contributed by atoms with E-state index in [-0.39, 0.29) is 0 Å². The largest absolute Gasteiger partial charge is 0.478 e. The first-order chi connectivity index (χ1) is 12.8. The minimum absolute atomic E-state index is 0.447. The van der Waals surface area contributed by atoms with E-state index >= 15 is 0 Å². The molecule has 0 bridgehead atoms. The lowest BCUT2D eigenvalue weighted by atomic mass is 9.81. The van der Waals surface area contributed by atoms with Crippen molar-refractivity contribution in [2.45, 2.75) is 59.0 Å². The Morgan fingerprint density at radius 2 is 1.67 bits per heavy atom. The third kappa shape index (κ3) is 6.91. The van der Waals surface area contributed by atoms with Crippen LogP contribution in [0.2, 0.25) is 5.02 Å². The molecule has 2 aromatic carbocycles. The zero-order chi connectivity index (χ0) is 19.9. The molecular formula is C23H29ClO3. The molecule has 1 unspecified atom stereocenters. The SMILES string of the molecule is Cc1ccc(OC(C(=O)O)C(C)(C)CCCCCc2ccc(Cl)cc2)cc1. The average Bonchev–Trinajstić information content (AvgIpc) is 2.62. The van der Waals surface area contributed by atoms with E-state index in [0.717, 1.165) is 42.7 Å². The van der Waals surface area contributed by atoms with E-state index in [0.29, 0.717) is 5.75 Å². The van der Waals surface area contributed by atoms with Gasteiger partial charge in [-0.1, -0.05) is 68.1 Å². The summed E-state index contributed by atoms with van der Waals surface area (Å²) in [6, 6.07) is 15.5. The third-order valence-corrected chi connectivity index (χ3v) is 5.16. The molecule has 0 aliphatic rings. The molecule has 27 heavy (non-hydrogen) atoms. The van der Waals surface area contributed by atoms with Crippen LogP contribution in [-0.2, 0) is 11.2 Å². The van der Waals surface area contributed by atoms with Crippen LogP contribution in [0.1, 0.15) is 50.7 Å². The number of carboxylic acid groups (broad SMARTS) is 1. The number of ether oxygens (including phenoxy) is 1. The minimum Gasteiger partial charge on any atom is -0.478 e. The van der Waals surface area contributed by atoms with Gasteiger partial charge in [0, 0.05) is 10.4 Å². The Hall–Kier alpha value is -2.00. The number of aryl methyl sites for hydroxylation is 2. The van der Waals surface area contributed by atoms with Gasteiger partial charge in [-0.3, -0.25) is 0 Å². The van der Waals surface area contributed by atoms with Crippen molar-refractivity contribution >= 4 is 17.6 Å². The summed E-state index contributed by atoms with van der Waals surface area (Å²) in [5.41, 5.74) is 1.95. The fourth-order valence-electron chi connectivity index (χ4n) is 3.17. The molecule has 0 aromatic heterocycles. The van der Waals surface area contributed by atoms with Gasteiger partial charge in [-0.05, 0) is 56.0 Å². The second-order valence-corrected chi connectivity index (χ2v) is 8.26. The van der Waals surface area contributed by atoms with Crippen molar-refractivity contribution in [1.82, 2.24) is 0 Å². The maximum absolute atomic E-state index is 11.8. The van der Waals surface area contributed by atoms with E-state index in [4.69, 9.17) is 16.3 Å². The van der Waals surface area contributed by atoms with Crippen LogP contribution < -0.4 is 4.74 Å². The fraction of sp³-hybridized carbons (Fsp3) is 0.435. The van der Waals surface area contributed by atoms with Gasteiger partial charge in [-0.15, -0.1) is 0 Å². The molecule has 0 aliphatic heterocycles. The predicted molar refractivity (Wildman–Crippen MR) is 111 cm³/mol. The molecule has 0 radical (unpaired) electrons. The summed E-state index contributed by atoms with van der Waals surface area (Å²) in [5.74, 6) is -0.314. The van der Waals surface area contributed by atoms with Gasteiger partial charge in [0.05, 0.1) is 0 Å². The summed E-state index contributed by atoms with van der Waals surface area (Å²) in [5, 5.41) is 10.4. The highest BCUT2D eigenvalue weighted by Gasteiger charge is 2.36. The first-order valence-corrected chi connectivity index (χ1v) is 9.86. The lowest BCUT2D eigenvalue weighted by molar-refractivity contribution is -0.151. The van der Waals surface area contributed by atoms with E-state index in [2.05, 4.69) is 12.1 Å². The van der Waals surface area contributed by atoms with E-state index in [1.807, 2.05) is 57.2 Å². The maximum Gasteiger partial charge on any atom is 0.345 e. The second kappa shape index (κ2) is 9.80. The summed E-state index contributed by atoms with van der Waals surface area (Å²) in [4.78, 5) is 11.8. The topological polar surface area (TPSA) is 46.5 Å². The highest BCUT2D eigenvalue weighted by molar-refractivity contribution is 6.30. The monoisotopic (exact) mass is 388 g/mol. The van der Waals surface area contributed by atoms with Gasteiger partial charge in [0.15, 0.2) is 0 Å². The summed E-state index contributed by atoms with van der Waals surface area (Å²) >= 11 is 5.91. The van der Waals surface area contributed by atoms with Crippen molar-refractivity contribution in [1.29, 1.82) is 0 Å². The highest BCUT2D eigenvalue weighted by Crippen LogP contribution is 2.32. The molecule has 0 amide bonds. The number of halogens is 1. The number of carboxylic acids is 1. The molecule has 146 valence electrons. The van der Waals surface area contributed by atoms with Gasteiger partial charge in [0.25, 0.3) is 0 Å². The van der Waals surface area contributed by atoms with Gasteiger partial charge in [0.2, 0.25) is 6.10 Å². The smallest absolute Gasteiger partial charge is 0.345 e. The molecule has 1 atom stereocenters. The number of carbonyl (C=O) groups is 1. The van der Waals surface area contributed by atoms with Crippen molar-refractivity contribution in [3.63, 3.8) is 0 Å². The van der Waals surface area contributed by atoms with E-state index < -0.39 is 17.5 Å². The molecule has 3 nitrogen and oxygen atoms in total. The van der Waals surface area contributed by atoms with E-state index in [9.17, 15) is 9.90 Å². The molecule has 2 aromatic rings. The first-order valence-electron chi connectivity index (χ1n) is 9.48. The molecule has 0 saturated heterocycles. The molecular weight excluding hydrogens is 360 g/mol. The number of benzene rings is 2. The normalized spacial score (nSPS) is 12.6. The summed E-state index contributed by atoms with van der Waals surface area (Å²) in [6.45, 7) is 5.94. The van der Waals surface area contributed by atoms with Gasteiger partial charge in [0.1, 0.15) is 5.75 Å². The Balaban J connectivity index is 1.83. The molecule has 4 heteroatoms. The molecule has 0 aliphatic carbocycles. The summed E-state index contributed by atoms with van der Waals surface area (Å²) in [7, 11) is 0. The van der Waals surface area contributed by atoms with Gasteiger partial charge < -0.3 is 9.84 Å². The third-order valence-electron chi connectivity index (χ3n) is 4.91. The molecule has 0 heterocycles. The van der Waals surface area contributed by atoms with Gasteiger partial charge in [-0.25, -0.2) is 4.79 Å². The number of rotatable bonds is 10. The van der Waals surface area contributed by atoms with E-state index in [1.54, 1.807) is 0 Å². The van der Waals surface area contributed by atoms with Crippen LogP contribution in [0.4, 0.5) is 0 Å². The Labute approximate surface area is 167 Å². The Bertz CT molecular complexity index is 720. The van der Waals surface area contributed by atoms with Crippen LogP contribution in [0, 0.1) is 12.3 Å². The van der Waals surface area contributed by atoms with Crippen molar-refractivity contribution in [3.8, 4) is 5.75 Å². The van der Waals surface area contributed by atoms with Crippen molar-refractivity contribution in [3.05, 3.63) is 64.7 Å². The van der Waals surface area contributed by atoms with Crippen molar-refractivity contribution in [2.24, 2.45) is 5.41 Å². The molecule has 2 rings (SSSR count). The van der Waals surface area contributed by atoms with Crippen molar-refractivity contribution < 1.29 is 14.6 Å². The Kier molecular flexibility index (Phi) is 7.73.